The zero-order valence-electron chi connectivity index (χ0n) is 9.73. The summed E-state index contributed by atoms with van der Waals surface area (Å²) in [6.45, 7) is 3.33. The third kappa shape index (κ3) is 2.88. The fourth-order valence-electron chi connectivity index (χ4n) is 1.58. The summed E-state index contributed by atoms with van der Waals surface area (Å²) in [7, 11) is 0. The standard InChI is InChI=1S/C12H16N2O3/c1-8(12(13)15)5-14-6-9-2-3-10-11(4-9)17-7-16-10/h2-4,8,14H,5-7H2,1H3,(H2,13,15). The van der Waals surface area contributed by atoms with Crippen LogP contribution < -0.4 is 20.5 Å². The first-order valence-corrected chi connectivity index (χ1v) is 5.55. The van der Waals surface area contributed by atoms with Crippen LogP contribution in [0.3, 0.4) is 0 Å². The molecule has 92 valence electrons. The molecule has 1 heterocycles. The van der Waals surface area contributed by atoms with E-state index in [1.165, 1.54) is 0 Å². The minimum absolute atomic E-state index is 0.163. The molecule has 1 aliphatic rings. The number of fused-ring (bicyclic) bond motifs is 1. The number of nitrogens with one attached hydrogen (secondary N) is 1. The molecule has 0 aromatic heterocycles. The van der Waals surface area contributed by atoms with Crippen LogP contribution >= 0.6 is 0 Å². The molecule has 5 heteroatoms. The molecule has 0 fully saturated rings. The minimum Gasteiger partial charge on any atom is -0.454 e. The fraction of sp³-hybridized carbons (Fsp3) is 0.417. The van der Waals surface area contributed by atoms with Crippen LogP contribution in [0.25, 0.3) is 0 Å². The summed E-state index contributed by atoms with van der Waals surface area (Å²) in [5.41, 5.74) is 6.26. The highest BCUT2D eigenvalue weighted by Gasteiger charge is 2.13. The summed E-state index contributed by atoms with van der Waals surface area (Å²) < 4.78 is 10.5. The normalized spacial score (nSPS) is 14.6. The number of benzene rings is 1. The average Bonchev–Trinajstić information content (AvgIpc) is 2.75. The number of primary amides is 1. The maximum absolute atomic E-state index is 10.8. The molecule has 3 N–H and O–H groups in total. The second kappa shape index (κ2) is 5.05. The average molecular weight is 236 g/mol. The highest BCUT2D eigenvalue weighted by atomic mass is 16.7. The molecule has 1 amide bonds. The highest BCUT2D eigenvalue weighted by molar-refractivity contribution is 5.76. The van der Waals surface area contributed by atoms with E-state index in [0.717, 1.165) is 17.1 Å². The number of hydrogen-bond donors (Lipinski definition) is 2. The van der Waals surface area contributed by atoms with Gasteiger partial charge < -0.3 is 20.5 Å². The lowest BCUT2D eigenvalue weighted by atomic mass is 10.1. The number of hydrogen-bond acceptors (Lipinski definition) is 4. The number of carbonyl (C=O) groups excluding carboxylic acids is 1. The van der Waals surface area contributed by atoms with Crippen molar-refractivity contribution < 1.29 is 14.3 Å². The van der Waals surface area contributed by atoms with Crippen molar-refractivity contribution >= 4 is 5.91 Å². The summed E-state index contributed by atoms with van der Waals surface area (Å²) in [5.74, 6) is 1.10. The predicted octanol–water partition coefficient (Wildman–Crippen LogP) is 0.626. The number of amides is 1. The van der Waals surface area contributed by atoms with Gasteiger partial charge in [-0.3, -0.25) is 4.79 Å². The highest BCUT2D eigenvalue weighted by Crippen LogP contribution is 2.32. The third-order valence-electron chi connectivity index (χ3n) is 2.70. The Kier molecular flexibility index (Phi) is 3.49. The molecule has 0 radical (unpaired) electrons. The van der Waals surface area contributed by atoms with E-state index in [1.54, 1.807) is 6.92 Å². The van der Waals surface area contributed by atoms with Gasteiger partial charge in [0.1, 0.15) is 0 Å². The summed E-state index contributed by atoms with van der Waals surface area (Å²) >= 11 is 0. The Morgan fingerprint density at radius 2 is 2.24 bits per heavy atom. The van der Waals surface area contributed by atoms with Gasteiger partial charge in [0.05, 0.1) is 0 Å². The molecule has 5 nitrogen and oxygen atoms in total. The van der Waals surface area contributed by atoms with Crippen molar-refractivity contribution in [2.24, 2.45) is 11.7 Å². The second-order valence-electron chi connectivity index (χ2n) is 4.12. The molecule has 0 bridgehead atoms. The molecule has 0 aliphatic carbocycles. The van der Waals surface area contributed by atoms with Crippen molar-refractivity contribution in [3.63, 3.8) is 0 Å². The maximum atomic E-state index is 10.8. The lowest BCUT2D eigenvalue weighted by molar-refractivity contribution is -0.121. The van der Waals surface area contributed by atoms with E-state index in [9.17, 15) is 4.79 Å². The Morgan fingerprint density at radius 3 is 3.00 bits per heavy atom. The number of ether oxygens (including phenoxy) is 2. The van der Waals surface area contributed by atoms with E-state index < -0.39 is 0 Å². The Morgan fingerprint density at radius 1 is 1.47 bits per heavy atom. The molecule has 2 rings (SSSR count). The zero-order chi connectivity index (χ0) is 12.3. The van der Waals surface area contributed by atoms with Gasteiger partial charge in [-0.05, 0) is 17.7 Å². The van der Waals surface area contributed by atoms with E-state index >= 15 is 0 Å². The van der Waals surface area contributed by atoms with Crippen molar-refractivity contribution in [2.75, 3.05) is 13.3 Å². The van der Waals surface area contributed by atoms with E-state index in [0.29, 0.717) is 13.1 Å². The summed E-state index contributed by atoms with van der Waals surface area (Å²) in [6.07, 6.45) is 0. The number of rotatable bonds is 5. The van der Waals surface area contributed by atoms with Gasteiger partial charge in [0, 0.05) is 19.0 Å². The Hall–Kier alpha value is -1.75. The number of carbonyl (C=O) groups is 1. The van der Waals surface area contributed by atoms with Gasteiger partial charge in [0.2, 0.25) is 12.7 Å². The molecule has 1 atom stereocenters. The van der Waals surface area contributed by atoms with Crippen LogP contribution in [0.4, 0.5) is 0 Å². The Labute approximate surface area is 99.9 Å². The Bertz CT molecular complexity index is 420. The second-order valence-corrected chi connectivity index (χ2v) is 4.12. The van der Waals surface area contributed by atoms with E-state index in [-0.39, 0.29) is 18.6 Å². The fourth-order valence-corrected chi connectivity index (χ4v) is 1.58. The van der Waals surface area contributed by atoms with Gasteiger partial charge in [0.15, 0.2) is 11.5 Å². The summed E-state index contributed by atoms with van der Waals surface area (Å²) in [5, 5.41) is 3.18. The van der Waals surface area contributed by atoms with Gasteiger partial charge in [-0.2, -0.15) is 0 Å². The van der Waals surface area contributed by atoms with Crippen molar-refractivity contribution in [1.29, 1.82) is 0 Å². The van der Waals surface area contributed by atoms with Gasteiger partial charge in [0.25, 0.3) is 0 Å². The van der Waals surface area contributed by atoms with Crippen LogP contribution in [-0.4, -0.2) is 19.2 Å². The molecule has 1 unspecified atom stereocenters. The first kappa shape index (κ1) is 11.7. The van der Waals surface area contributed by atoms with Crippen molar-refractivity contribution in [3.8, 4) is 11.5 Å². The van der Waals surface area contributed by atoms with Crippen LogP contribution in [0.15, 0.2) is 18.2 Å². The molecule has 0 spiro atoms. The predicted molar refractivity (Wildman–Crippen MR) is 62.6 cm³/mol. The first-order valence-electron chi connectivity index (χ1n) is 5.55. The summed E-state index contributed by atoms with van der Waals surface area (Å²) in [4.78, 5) is 10.8. The van der Waals surface area contributed by atoms with Crippen LogP contribution in [0, 0.1) is 5.92 Å². The largest absolute Gasteiger partial charge is 0.454 e. The molecule has 0 saturated heterocycles. The minimum atomic E-state index is -0.289. The zero-order valence-corrected chi connectivity index (χ0v) is 9.73. The van der Waals surface area contributed by atoms with Gasteiger partial charge >= 0.3 is 0 Å². The first-order chi connectivity index (χ1) is 8.16. The van der Waals surface area contributed by atoms with Crippen molar-refractivity contribution in [1.82, 2.24) is 5.32 Å². The molecule has 0 saturated carbocycles. The van der Waals surface area contributed by atoms with Gasteiger partial charge in [-0.25, -0.2) is 0 Å². The molecule has 1 aliphatic heterocycles. The quantitative estimate of drug-likeness (QED) is 0.786. The molecule has 1 aromatic rings. The lowest BCUT2D eigenvalue weighted by Gasteiger charge is -2.09. The topological polar surface area (TPSA) is 73.6 Å². The molecule has 1 aromatic carbocycles. The third-order valence-corrected chi connectivity index (χ3v) is 2.70. The smallest absolute Gasteiger partial charge is 0.231 e. The number of nitrogens with two attached hydrogens (primary N) is 1. The molecule has 17 heavy (non-hydrogen) atoms. The monoisotopic (exact) mass is 236 g/mol. The SMILES string of the molecule is CC(CNCc1ccc2c(c1)OCO2)C(N)=O. The maximum Gasteiger partial charge on any atom is 0.231 e. The molecular weight excluding hydrogens is 220 g/mol. The van der Waals surface area contributed by atoms with E-state index in [2.05, 4.69) is 5.32 Å². The van der Waals surface area contributed by atoms with Crippen molar-refractivity contribution in [3.05, 3.63) is 23.8 Å². The molecular formula is C12H16N2O3. The van der Waals surface area contributed by atoms with Crippen LogP contribution in [0.2, 0.25) is 0 Å². The van der Waals surface area contributed by atoms with Crippen LogP contribution in [0.5, 0.6) is 11.5 Å². The van der Waals surface area contributed by atoms with Gasteiger partial charge in [-0.1, -0.05) is 13.0 Å². The van der Waals surface area contributed by atoms with Gasteiger partial charge in [-0.15, -0.1) is 0 Å². The summed E-state index contributed by atoms with van der Waals surface area (Å²) in [6, 6.07) is 5.79. The van der Waals surface area contributed by atoms with Crippen LogP contribution in [-0.2, 0) is 11.3 Å². The van der Waals surface area contributed by atoms with E-state index in [1.807, 2.05) is 18.2 Å². The van der Waals surface area contributed by atoms with E-state index in [4.69, 9.17) is 15.2 Å². The lowest BCUT2D eigenvalue weighted by Crippen LogP contribution is -2.30. The Balaban J connectivity index is 1.85. The van der Waals surface area contributed by atoms with Crippen LogP contribution in [0.1, 0.15) is 12.5 Å². The van der Waals surface area contributed by atoms with Crippen molar-refractivity contribution in [2.45, 2.75) is 13.5 Å².